The number of ether oxygens (including phenoxy) is 1. The molecule has 1 atom stereocenters. The first-order valence-corrected chi connectivity index (χ1v) is 9.09. The van der Waals surface area contributed by atoms with E-state index in [9.17, 15) is 4.79 Å². The van der Waals surface area contributed by atoms with E-state index in [0.717, 1.165) is 18.6 Å². The molecule has 1 unspecified atom stereocenters. The van der Waals surface area contributed by atoms with Crippen molar-refractivity contribution < 1.29 is 13.9 Å². The van der Waals surface area contributed by atoms with E-state index in [-0.39, 0.29) is 11.9 Å². The van der Waals surface area contributed by atoms with Crippen molar-refractivity contribution in [2.75, 3.05) is 13.2 Å². The first-order chi connectivity index (χ1) is 12.2. The largest absolute Gasteiger partial charge is 0.457 e. The predicted octanol–water partition coefficient (Wildman–Crippen LogP) is 3.95. The maximum absolute atomic E-state index is 12.1. The minimum absolute atomic E-state index is 0.125. The third-order valence-electron chi connectivity index (χ3n) is 3.87. The third-order valence-corrected chi connectivity index (χ3v) is 5.02. The molecule has 128 valence electrons. The van der Waals surface area contributed by atoms with Crippen LogP contribution in [-0.4, -0.2) is 30.3 Å². The first kappa shape index (κ1) is 16.4. The molecule has 1 aromatic carbocycles. The van der Waals surface area contributed by atoms with Crippen LogP contribution in [0.5, 0.6) is 0 Å². The molecular formula is C18H15ClN2O3S. The average Bonchev–Trinajstić information content (AvgIpc) is 3.31. The standard InChI is InChI=1S/C18H15ClN2O3S/c19-12-3-1-2-11(8-12)15-5-4-14(24-15)9-16-17(22)21-18(25-16)20-13-6-7-23-10-13/h1-5,8-9,13H,6-7,10H2,(H,20,21,22)/b16-9-. The summed E-state index contributed by atoms with van der Waals surface area (Å²) >= 11 is 7.33. The number of carbonyl (C=O) groups excluding carboxylic acids is 1. The zero-order valence-electron chi connectivity index (χ0n) is 13.2. The molecular weight excluding hydrogens is 360 g/mol. The van der Waals surface area contributed by atoms with Crippen LogP contribution in [-0.2, 0) is 9.53 Å². The van der Waals surface area contributed by atoms with E-state index >= 15 is 0 Å². The minimum Gasteiger partial charge on any atom is -0.457 e. The predicted molar refractivity (Wildman–Crippen MR) is 99.5 cm³/mol. The minimum atomic E-state index is -0.164. The zero-order valence-corrected chi connectivity index (χ0v) is 14.8. The van der Waals surface area contributed by atoms with Crippen LogP contribution in [0, 0.1) is 0 Å². The molecule has 7 heteroatoms. The van der Waals surface area contributed by atoms with E-state index in [1.54, 1.807) is 6.08 Å². The van der Waals surface area contributed by atoms with Crippen LogP contribution in [0.3, 0.4) is 0 Å². The van der Waals surface area contributed by atoms with Crippen LogP contribution in [0.4, 0.5) is 0 Å². The molecule has 4 rings (SSSR count). The van der Waals surface area contributed by atoms with Gasteiger partial charge in [-0.25, -0.2) is 0 Å². The SMILES string of the molecule is O=C1NC(=NC2CCOC2)S/C1=C\c1ccc(-c2cccc(Cl)c2)o1. The molecule has 2 aliphatic heterocycles. The van der Waals surface area contributed by atoms with Gasteiger partial charge in [0, 0.05) is 23.3 Å². The summed E-state index contributed by atoms with van der Waals surface area (Å²) in [6, 6.07) is 11.3. The third kappa shape index (κ3) is 3.81. The summed E-state index contributed by atoms with van der Waals surface area (Å²) in [5, 5.41) is 4.06. The smallest absolute Gasteiger partial charge is 0.264 e. The van der Waals surface area contributed by atoms with Crippen molar-refractivity contribution in [3.8, 4) is 11.3 Å². The molecule has 0 saturated carbocycles. The van der Waals surface area contributed by atoms with Gasteiger partial charge in [0.2, 0.25) is 0 Å². The molecule has 0 radical (unpaired) electrons. The molecule has 1 aromatic heterocycles. The normalized spacial score (nSPS) is 23.6. The number of amidine groups is 1. The number of amides is 1. The van der Waals surface area contributed by atoms with Gasteiger partial charge in [-0.3, -0.25) is 9.79 Å². The number of rotatable bonds is 3. The van der Waals surface area contributed by atoms with Crippen molar-refractivity contribution in [3.63, 3.8) is 0 Å². The van der Waals surface area contributed by atoms with Crippen LogP contribution in [0.1, 0.15) is 12.2 Å². The van der Waals surface area contributed by atoms with E-state index < -0.39 is 0 Å². The van der Waals surface area contributed by atoms with Gasteiger partial charge in [0.05, 0.1) is 17.6 Å². The number of hydrogen-bond acceptors (Lipinski definition) is 5. The Morgan fingerprint density at radius 1 is 1.32 bits per heavy atom. The van der Waals surface area contributed by atoms with Gasteiger partial charge in [0.15, 0.2) is 5.17 Å². The summed E-state index contributed by atoms with van der Waals surface area (Å²) in [6.07, 6.45) is 2.61. The second-order valence-electron chi connectivity index (χ2n) is 5.73. The number of furan rings is 1. The Morgan fingerprint density at radius 3 is 3.04 bits per heavy atom. The lowest BCUT2D eigenvalue weighted by molar-refractivity contribution is -0.115. The number of aliphatic imine (C=N–C) groups is 1. The summed E-state index contributed by atoms with van der Waals surface area (Å²) in [7, 11) is 0. The molecule has 5 nitrogen and oxygen atoms in total. The molecule has 25 heavy (non-hydrogen) atoms. The highest BCUT2D eigenvalue weighted by molar-refractivity contribution is 8.18. The molecule has 3 heterocycles. The van der Waals surface area contributed by atoms with Crippen LogP contribution in [0.2, 0.25) is 5.02 Å². The fourth-order valence-corrected chi connectivity index (χ4v) is 3.70. The Morgan fingerprint density at radius 2 is 2.24 bits per heavy atom. The van der Waals surface area contributed by atoms with E-state index in [4.69, 9.17) is 20.8 Å². The molecule has 0 bridgehead atoms. The highest BCUT2D eigenvalue weighted by Gasteiger charge is 2.26. The van der Waals surface area contributed by atoms with Gasteiger partial charge in [-0.2, -0.15) is 0 Å². The summed E-state index contributed by atoms with van der Waals surface area (Å²) in [5.41, 5.74) is 0.893. The lowest BCUT2D eigenvalue weighted by Gasteiger charge is -2.00. The summed E-state index contributed by atoms with van der Waals surface area (Å²) < 4.78 is 11.1. The summed E-state index contributed by atoms with van der Waals surface area (Å²) in [5.74, 6) is 1.15. The van der Waals surface area contributed by atoms with Crippen molar-refractivity contribution in [1.82, 2.24) is 5.32 Å². The first-order valence-electron chi connectivity index (χ1n) is 7.89. The van der Waals surface area contributed by atoms with E-state index in [1.807, 2.05) is 36.4 Å². The number of hydrogen-bond donors (Lipinski definition) is 1. The maximum atomic E-state index is 12.1. The van der Waals surface area contributed by atoms with Gasteiger partial charge in [-0.15, -0.1) is 0 Å². The van der Waals surface area contributed by atoms with Gasteiger partial charge >= 0.3 is 0 Å². The summed E-state index contributed by atoms with van der Waals surface area (Å²) in [6.45, 7) is 1.33. The van der Waals surface area contributed by atoms with Gasteiger partial charge in [0.1, 0.15) is 11.5 Å². The van der Waals surface area contributed by atoms with E-state index in [0.29, 0.717) is 33.2 Å². The van der Waals surface area contributed by atoms with Gasteiger partial charge in [0.25, 0.3) is 5.91 Å². The van der Waals surface area contributed by atoms with E-state index in [1.165, 1.54) is 11.8 Å². The van der Waals surface area contributed by atoms with Crippen molar-refractivity contribution >= 4 is 40.5 Å². The van der Waals surface area contributed by atoms with Crippen LogP contribution < -0.4 is 5.32 Å². The Bertz CT molecular complexity index is 869. The zero-order chi connectivity index (χ0) is 17.2. The van der Waals surface area contributed by atoms with Crippen molar-refractivity contribution in [3.05, 3.63) is 52.1 Å². The number of nitrogens with zero attached hydrogens (tertiary/aromatic N) is 1. The molecule has 2 aromatic rings. The Hall–Kier alpha value is -2.02. The van der Waals surface area contributed by atoms with Gasteiger partial charge in [-0.05, 0) is 42.4 Å². The van der Waals surface area contributed by atoms with Crippen LogP contribution in [0.15, 0.2) is 50.7 Å². The second kappa shape index (κ2) is 7.07. The number of halogens is 1. The molecule has 1 N–H and O–H groups in total. The number of nitrogens with one attached hydrogen (secondary N) is 1. The number of thioether (sulfide) groups is 1. The van der Waals surface area contributed by atoms with Crippen LogP contribution in [0.25, 0.3) is 17.4 Å². The fraction of sp³-hybridized carbons (Fsp3) is 0.222. The molecule has 2 saturated heterocycles. The number of benzene rings is 1. The molecule has 2 aliphatic rings. The Kier molecular flexibility index (Phi) is 4.65. The molecule has 0 spiro atoms. The number of carbonyl (C=O) groups is 1. The average molecular weight is 375 g/mol. The topological polar surface area (TPSA) is 63.8 Å². The molecule has 1 amide bonds. The Labute approximate surface area is 154 Å². The van der Waals surface area contributed by atoms with Crippen molar-refractivity contribution in [2.45, 2.75) is 12.5 Å². The van der Waals surface area contributed by atoms with Gasteiger partial charge < -0.3 is 14.5 Å². The maximum Gasteiger partial charge on any atom is 0.264 e. The van der Waals surface area contributed by atoms with Crippen LogP contribution >= 0.6 is 23.4 Å². The molecule has 2 fully saturated rings. The van der Waals surface area contributed by atoms with Gasteiger partial charge in [-0.1, -0.05) is 23.7 Å². The lowest BCUT2D eigenvalue weighted by atomic mass is 10.2. The lowest BCUT2D eigenvalue weighted by Crippen LogP contribution is -2.21. The quantitative estimate of drug-likeness (QED) is 0.826. The fourth-order valence-electron chi connectivity index (χ4n) is 2.63. The highest BCUT2D eigenvalue weighted by Crippen LogP contribution is 2.30. The van der Waals surface area contributed by atoms with Crippen molar-refractivity contribution in [1.29, 1.82) is 0 Å². The van der Waals surface area contributed by atoms with E-state index in [2.05, 4.69) is 10.3 Å². The second-order valence-corrected chi connectivity index (χ2v) is 7.20. The monoisotopic (exact) mass is 374 g/mol. The Balaban J connectivity index is 1.52. The summed E-state index contributed by atoms with van der Waals surface area (Å²) in [4.78, 5) is 17.2. The highest BCUT2D eigenvalue weighted by atomic mass is 35.5. The molecule has 0 aliphatic carbocycles. The van der Waals surface area contributed by atoms with Crippen molar-refractivity contribution in [2.24, 2.45) is 4.99 Å².